The zero-order chi connectivity index (χ0) is 33.8. The number of nitrogens with two attached hydrogens (primary N) is 1. The maximum Gasteiger partial charge on any atom is 0.322 e. The van der Waals surface area contributed by atoms with Crippen LogP contribution in [-0.4, -0.2) is 52.6 Å². The molecule has 0 saturated heterocycles. The number of carbonyl (C=O) groups is 2. The number of para-hydroxylation sites is 1. The molecule has 0 aliphatic heterocycles. The molecule has 0 aliphatic carbocycles. The summed E-state index contributed by atoms with van der Waals surface area (Å²) >= 11 is 0. The minimum atomic E-state index is -0.841. The number of hydrogen-bond donors (Lipinski definition) is 2. The van der Waals surface area contributed by atoms with Crippen molar-refractivity contribution in [3.63, 3.8) is 0 Å². The van der Waals surface area contributed by atoms with Gasteiger partial charge in [-0.2, -0.15) is 0 Å². The van der Waals surface area contributed by atoms with Crippen molar-refractivity contribution in [1.29, 1.82) is 0 Å². The first-order valence-corrected chi connectivity index (χ1v) is 14.7. The van der Waals surface area contributed by atoms with E-state index in [1.807, 2.05) is 6.07 Å². The van der Waals surface area contributed by atoms with Gasteiger partial charge >= 0.3 is 5.97 Å². The van der Waals surface area contributed by atoms with Gasteiger partial charge in [-0.15, -0.1) is 24.8 Å². The minimum absolute atomic E-state index is 0. The third-order valence-corrected chi connectivity index (χ3v) is 7.33. The van der Waals surface area contributed by atoms with Crippen molar-refractivity contribution in [2.45, 2.75) is 39.5 Å². The van der Waals surface area contributed by atoms with Gasteiger partial charge < -0.3 is 30.0 Å². The van der Waals surface area contributed by atoms with Crippen molar-refractivity contribution in [3.05, 3.63) is 100 Å². The molecule has 49 heavy (non-hydrogen) atoms. The van der Waals surface area contributed by atoms with Crippen molar-refractivity contribution in [2.75, 3.05) is 19.5 Å². The molecule has 260 valence electrons. The molecule has 2 heterocycles. The number of benzene rings is 3. The number of hydrogen-bond acceptors (Lipinski definition) is 9. The van der Waals surface area contributed by atoms with Crippen LogP contribution in [-0.2, 0) is 16.1 Å². The summed E-state index contributed by atoms with van der Waals surface area (Å²) in [6, 6.07) is 17.0. The molecular weight excluding hydrogens is 680 g/mol. The molecular formula is C34H36Cl2FN5O7. The Kier molecular flexibility index (Phi) is 12.8. The Morgan fingerprint density at radius 3 is 2.24 bits per heavy atom. The van der Waals surface area contributed by atoms with E-state index < -0.39 is 35.4 Å². The van der Waals surface area contributed by atoms with Crippen molar-refractivity contribution < 1.29 is 32.9 Å². The van der Waals surface area contributed by atoms with Crippen LogP contribution in [0.3, 0.4) is 0 Å². The average Bonchev–Trinajstić information content (AvgIpc) is 3.29. The zero-order valence-electron chi connectivity index (χ0n) is 27.3. The Morgan fingerprint density at radius 2 is 1.61 bits per heavy atom. The molecule has 0 aliphatic rings. The molecule has 5 rings (SSSR count). The van der Waals surface area contributed by atoms with E-state index in [2.05, 4.69) is 10.3 Å². The smallest absolute Gasteiger partial charge is 0.322 e. The summed E-state index contributed by atoms with van der Waals surface area (Å²) in [5.41, 5.74) is 6.44. The predicted molar refractivity (Wildman–Crippen MR) is 188 cm³/mol. The molecule has 0 spiro atoms. The topological polar surface area (TPSA) is 149 Å². The highest BCUT2D eigenvalue weighted by Crippen LogP contribution is 2.37. The summed E-state index contributed by atoms with van der Waals surface area (Å²) in [6.45, 7) is 4.69. The van der Waals surface area contributed by atoms with E-state index in [0.29, 0.717) is 39.5 Å². The summed E-state index contributed by atoms with van der Waals surface area (Å²) in [5, 5.41) is 3.19. The molecule has 0 fully saturated rings. The molecule has 0 bridgehead atoms. The Morgan fingerprint density at radius 1 is 0.939 bits per heavy atom. The van der Waals surface area contributed by atoms with Crippen molar-refractivity contribution in [3.8, 4) is 28.7 Å². The molecule has 3 aromatic carbocycles. The lowest BCUT2D eigenvalue weighted by molar-refractivity contribution is -0.150. The highest BCUT2D eigenvalue weighted by Gasteiger charge is 2.26. The summed E-state index contributed by atoms with van der Waals surface area (Å²) in [6.07, 6.45) is 0.789. The normalized spacial score (nSPS) is 11.8. The monoisotopic (exact) mass is 715 g/mol. The second-order valence-electron chi connectivity index (χ2n) is 10.8. The molecule has 0 radical (unpaired) electrons. The van der Waals surface area contributed by atoms with E-state index in [0.717, 1.165) is 6.07 Å². The first kappa shape index (κ1) is 38.3. The van der Waals surface area contributed by atoms with Crippen LogP contribution in [0.5, 0.6) is 23.0 Å². The number of esters is 1. The maximum atomic E-state index is 15.3. The van der Waals surface area contributed by atoms with E-state index in [-0.39, 0.29) is 48.4 Å². The summed E-state index contributed by atoms with van der Waals surface area (Å²) in [4.78, 5) is 43.6. The number of ether oxygens (including phenoxy) is 4. The van der Waals surface area contributed by atoms with E-state index in [1.165, 1.54) is 44.2 Å². The summed E-state index contributed by atoms with van der Waals surface area (Å²) in [5.74, 6) is -0.965. The Labute approximate surface area is 293 Å². The third kappa shape index (κ3) is 8.13. The minimum Gasteiger partial charge on any atom is -0.493 e. The number of halogens is 3. The number of nitrogens with one attached hydrogen (secondary N) is 1. The number of aromatic nitrogens is 3. The number of rotatable bonds is 11. The Balaban J connectivity index is 0.00000325. The van der Waals surface area contributed by atoms with Crippen LogP contribution in [0.15, 0.2) is 77.7 Å². The molecule has 12 nitrogen and oxygen atoms in total. The summed E-state index contributed by atoms with van der Waals surface area (Å²) < 4.78 is 40.2. The van der Waals surface area contributed by atoms with Gasteiger partial charge in [0.15, 0.2) is 23.1 Å². The first-order chi connectivity index (χ1) is 22.5. The number of pyridine rings is 1. The fourth-order valence-electron chi connectivity index (χ4n) is 5.09. The third-order valence-electron chi connectivity index (χ3n) is 7.33. The first-order valence-electron chi connectivity index (χ1n) is 14.7. The molecule has 2 atom stereocenters. The zero-order valence-corrected chi connectivity index (χ0v) is 28.9. The number of anilines is 1. The lowest BCUT2D eigenvalue weighted by Gasteiger charge is -2.18. The van der Waals surface area contributed by atoms with Gasteiger partial charge in [-0.05, 0) is 57.2 Å². The largest absolute Gasteiger partial charge is 0.493 e. The number of fused-ring (bicyclic) bond motifs is 1. The van der Waals surface area contributed by atoms with Crippen molar-refractivity contribution in [2.24, 2.45) is 5.73 Å². The predicted octanol–water partition coefficient (Wildman–Crippen LogP) is 5.82. The van der Waals surface area contributed by atoms with Crippen LogP contribution in [0.1, 0.15) is 29.9 Å². The van der Waals surface area contributed by atoms with Crippen LogP contribution in [0.2, 0.25) is 0 Å². The van der Waals surface area contributed by atoms with Gasteiger partial charge in [0, 0.05) is 29.4 Å². The second kappa shape index (κ2) is 16.3. The van der Waals surface area contributed by atoms with Gasteiger partial charge in [-0.3, -0.25) is 24.0 Å². The van der Waals surface area contributed by atoms with Gasteiger partial charge in [-0.25, -0.2) is 9.07 Å². The Hall–Kier alpha value is -5.11. The van der Waals surface area contributed by atoms with Crippen LogP contribution < -0.4 is 30.8 Å². The van der Waals surface area contributed by atoms with E-state index in [4.69, 9.17) is 24.7 Å². The molecule has 15 heteroatoms. The molecule has 0 unspecified atom stereocenters. The van der Waals surface area contributed by atoms with Crippen LogP contribution in [0.4, 0.5) is 10.1 Å². The number of nitrogens with zero attached hydrogens (tertiary/aromatic N) is 3. The van der Waals surface area contributed by atoms with Gasteiger partial charge in [0.25, 0.3) is 11.5 Å². The SMILES string of the molecule is COc1cc2nccc(Oc3ccc(NC(=O)c4c(C)n(-c5ccccc5)n(C[C@@H](C)OC(=O)[C@H](C)N)c4=O)cc3F)c2cc1OC.Cl.Cl. The summed E-state index contributed by atoms with van der Waals surface area (Å²) in [7, 11) is 3.01. The van der Waals surface area contributed by atoms with Gasteiger partial charge in [0.05, 0.1) is 37.7 Å². The fraction of sp³-hybridized carbons (Fsp3) is 0.235. The molecule has 0 saturated carbocycles. The van der Waals surface area contributed by atoms with E-state index in [9.17, 15) is 14.4 Å². The quantitative estimate of drug-likeness (QED) is 0.161. The standard InChI is InChI=1S/C34H34FN5O7.2ClH/c1-19(46-34(43)20(2)36)18-39-33(42)31(21(3)40(39)23-9-7-6-8-10-23)32(41)38-22-11-12-28(25(35)15-22)47-27-13-14-37-26-17-30(45-5)29(44-4)16-24(26)27;;/h6-17,19-20H,18,36H2,1-5H3,(H,38,41);2*1H/t19-,20+;;/m1../s1. The lowest BCUT2D eigenvalue weighted by Crippen LogP contribution is -2.36. The highest BCUT2D eigenvalue weighted by molar-refractivity contribution is 6.05. The fourth-order valence-corrected chi connectivity index (χ4v) is 5.09. The molecule has 5 aromatic rings. The highest BCUT2D eigenvalue weighted by atomic mass is 35.5. The molecule has 1 amide bonds. The van der Waals surface area contributed by atoms with Crippen molar-refractivity contribution >= 4 is 53.3 Å². The van der Waals surface area contributed by atoms with Gasteiger partial charge in [0.1, 0.15) is 23.5 Å². The lowest BCUT2D eigenvalue weighted by atomic mass is 10.1. The molecule has 3 N–H and O–H groups in total. The van der Waals surface area contributed by atoms with E-state index in [1.54, 1.807) is 61.0 Å². The Bertz CT molecular complexity index is 2020. The molecule has 2 aromatic heterocycles. The van der Waals surface area contributed by atoms with Crippen LogP contribution in [0, 0.1) is 12.7 Å². The van der Waals surface area contributed by atoms with Crippen molar-refractivity contribution in [1.82, 2.24) is 14.3 Å². The van der Waals surface area contributed by atoms with E-state index >= 15 is 4.39 Å². The van der Waals surface area contributed by atoms with Gasteiger partial charge in [-0.1, -0.05) is 18.2 Å². The number of amides is 1. The maximum absolute atomic E-state index is 15.3. The van der Waals surface area contributed by atoms with Gasteiger partial charge in [0.2, 0.25) is 0 Å². The average molecular weight is 717 g/mol. The second-order valence-corrected chi connectivity index (χ2v) is 10.8. The van der Waals surface area contributed by atoms with Crippen LogP contribution >= 0.6 is 24.8 Å². The number of carbonyl (C=O) groups excluding carboxylic acids is 2. The van der Waals surface area contributed by atoms with Crippen LogP contribution in [0.25, 0.3) is 16.6 Å². The number of methoxy groups -OCH3 is 2.